The number of amides is 2. The molecular formula is C30H31FN4O2S. The van der Waals surface area contributed by atoms with E-state index in [1.54, 1.807) is 12.1 Å². The van der Waals surface area contributed by atoms with Crippen molar-refractivity contribution in [2.75, 3.05) is 5.32 Å². The third-order valence-electron chi connectivity index (χ3n) is 6.19. The number of halogens is 1. The Labute approximate surface area is 226 Å². The number of anilines is 1. The molecule has 196 valence electrons. The van der Waals surface area contributed by atoms with Crippen LogP contribution in [0.4, 0.5) is 9.52 Å². The third-order valence-corrected chi connectivity index (χ3v) is 7.07. The lowest BCUT2D eigenvalue weighted by Gasteiger charge is -2.18. The van der Waals surface area contributed by atoms with Gasteiger partial charge in [0, 0.05) is 17.5 Å². The minimum absolute atomic E-state index is 0.300. The number of hydrogen-bond acceptors (Lipinski definition) is 5. The highest BCUT2D eigenvalue weighted by atomic mass is 32.1. The predicted octanol–water partition coefficient (Wildman–Crippen LogP) is 6.45. The minimum Gasteiger partial charge on any atom is -0.340 e. The second-order valence-electron chi connectivity index (χ2n) is 9.13. The van der Waals surface area contributed by atoms with E-state index >= 15 is 0 Å². The number of benzene rings is 3. The van der Waals surface area contributed by atoms with Crippen molar-refractivity contribution in [3.8, 4) is 10.6 Å². The quantitative estimate of drug-likeness (QED) is 0.206. The molecular weight excluding hydrogens is 499 g/mol. The van der Waals surface area contributed by atoms with E-state index in [4.69, 9.17) is 0 Å². The zero-order valence-corrected chi connectivity index (χ0v) is 22.1. The van der Waals surface area contributed by atoms with Gasteiger partial charge >= 0.3 is 0 Å². The predicted molar refractivity (Wildman–Crippen MR) is 150 cm³/mol. The lowest BCUT2D eigenvalue weighted by molar-refractivity contribution is -0.118. The molecule has 4 rings (SSSR count). The molecule has 8 heteroatoms. The molecule has 2 amide bonds. The average molecular weight is 531 g/mol. The van der Waals surface area contributed by atoms with Gasteiger partial charge in [0.1, 0.15) is 16.9 Å². The Hall–Kier alpha value is -3.91. The van der Waals surface area contributed by atoms with Crippen LogP contribution in [-0.2, 0) is 17.6 Å². The second kappa shape index (κ2) is 13.6. The molecule has 4 aromatic rings. The van der Waals surface area contributed by atoms with Gasteiger partial charge in [-0.1, -0.05) is 80.0 Å². The Balaban J connectivity index is 1.43. The van der Waals surface area contributed by atoms with Crippen LogP contribution < -0.4 is 10.6 Å². The fourth-order valence-corrected chi connectivity index (χ4v) is 4.81. The highest BCUT2D eigenvalue weighted by Crippen LogP contribution is 2.26. The standard InChI is InChI=1S/C30H31FN4O2S/c1-2-3-4-6-9-21-12-14-23(15-13-21)27(36)32-26(20-22-10-7-5-8-11-22)28(37)33-30-35-34-29(38-30)24-16-18-25(31)19-17-24/h5,7-8,10-19,26H,2-4,6,9,20H2,1H3,(H,32,36)(H,33,35,37)/t26-/m0/s1. The van der Waals surface area contributed by atoms with Gasteiger partial charge in [-0.25, -0.2) is 4.39 Å². The molecule has 1 heterocycles. The number of rotatable bonds is 12. The highest BCUT2D eigenvalue weighted by Gasteiger charge is 2.23. The van der Waals surface area contributed by atoms with E-state index in [1.807, 2.05) is 54.6 Å². The van der Waals surface area contributed by atoms with Crippen molar-refractivity contribution in [2.24, 2.45) is 0 Å². The molecule has 3 aromatic carbocycles. The summed E-state index contributed by atoms with van der Waals surface area (Å²) in [4.78, 5) is 26.3. The van der Waals surface area contributed by atoms with Crippen LogP contribution in [0, 0.1) is 5.82 Å². The number of aromatic nitrogens is 2. The molecule has 0 aliphatic heterocycles. The number of hydrogen-bond donors (Lipinski definition) is 2. The second-order valence-corrected chi connectivity index (χ2v) is 10.1. The van der Waals surface area contributed by atoms with Crippen LogP contribution in [-0.4, -0.2) is 28.1 Å². The van der Waals surface area contributed by atoms with Crippen molar-refractivity contribution in [2.45, 2.75) is 51.5 Å². The van der Waals surface area contributed by atoms with Crippen LogP contribution >= 0.6 is 11.3 Å². The molecule has 0 aliphatic rings. The number of carbonyl (C=O) groups is 2. The van der Waals surface area contributed by atoms with Gasteiger partial charge in [0.25, 0.3) is 5.91 Å². The molecule has 0 aliphatic carbocycles. The van der Waals surface area contributed by atoms with Crippen LogP contribution in [0.5, 0.6) is 0 Å². The van der Waals surface area contributed by atoms with E-state index in [-0.39, 0.29) is 11.7 Å². The lowest BCUT2D eigenvalue weighted by atomic mass is 10.0. The van der Waals surface area contributed by atoms with Crippen molar-refractivity contribution in [1.82, 2.24) is 15.5 Å². The van der Waals surface area contributed by atoms with Gasteiger partial charge in [0.15, 0.2) is 0 Å². The summed E-state index contributed by atoms with van der Waals surface area (Å²) in [6, 6.07) is 22.2. The number of aryl methyl sites for hydroxylation is 1. The van der Waals surface area contributed by atoms with E-state index in [0.717, 1.165) is 18.4 Å². The molecule has 0 spiro atoms. The molecule has 0 saturated heterocycles. The topological polar surface area (TPSA) is 84.0 Å². The molecule has 0 fully saturated rings. The SMILES string of the molecule is CCCCCCc1ccc(C(=O)N[C@@H](Cc2ccccc2)C(=O)Nc2nnc(-c3ccc(F)cc3)s2)cc1. The molecule has 2 N–H and O–H groups in total. The first-order chi connectivity index (χ1) is 18.5. The summed E-state index contributed by atoms with van der Waals surface area (Å²) < 4.78 is 13.2. The maximum absolute atomic E-state index is 13.3. The van der Waals surface area contributed by atoms with E-state index in [0.29, 0.717) is 27.7 Å². The monoisotopic (exact) mass is 530 g/mol. The number of unbranched alkanes of at least 4 members (excludes halogenated alkanes) is 3. The molecule has 1 aromatic heterocycles. The van der Waals surface area contributed by atoms with Gasteiger partial charge in [-0.15, -0.1) is 10.2 Å². The van der Waals surface area contributed by atoms with Crippen LogP contribution in [0.1, 0.15) is 54.1 Å². The van der Waals surface area contributed by atoms with Gasteiger partial charge in [0.05, 0.1) is 0 Å². The Morgan fingerprint density at radius 1 is 0.868 bits per heavy atom. The van der Waals surface area contributed by atoms with E-state index in [2.05, 4.69) is 27.8 Å². The van der Waals surface area contributed by atoms with Crippen LogP contribution in [0.3, 0.4) is 0 Å². The van der Waals surface area contributed by atoms with E-state index in [1.165, 1.54) is 48.3 Å². The fourth-order valence-electron chi connectivity index (χ4n) is 4.05. The average Bonchev–Trinajstić information content (AvgIpc) is 3.40. The summed E-state index contributed by atoms with van der Waals surface area (Å²) in [5.41, 5.74) is 3.32. The molecule has 0 unspecified atom stereocenters. The van der Waals surface area contributed by atoms with Crippen molar-refractivity contribution in [1.29, 1.82) is 0 Å². The molecule has 0 bridgehead atoms. The molecule has 0 saturated carbocycles. The van der Waals surface area contributed by atoms with E-state index < -0.39 is 11.9 Å². The first kappa shape index (κ1) is 27.1. The zero-order chi connectivity index (χ0) is 26.7. The maximum Gasteiger partial charge on any atom is 0.251 e. The molecule has 38 heavy (non-hydrogen) atoms. The number of nitrogens with one attached hydrogen (secondary N) is 2. The summed E-state index contributed by atoms with van der Waals surface area (Å²) in [6.45, 7) is 2.19. The molecule has 1 atom stereocenters. The number of nitrogens with zero attached hydrogens (tertiary/aromatic N) is 2. The zero-order valence-electron chi connectivity index (χ0n) is 21.3. The minimum atomic E-state index is -0.822. The summed E-state index contributed by atoms with van der Waals surface area (Å²) in [7, 11) is 0. The maximum atomic E-state index is 13.3. The third kappa shape index (κ3) is 7.79. The van der Waals surface area contributed by atoms with Gasteiger partial charge in [0.2, 0.25) is 11.0 Å². The van der Waals surface area contributed by atoms with Crippen LogP contribution in [0.2, 0.25) is 0 Å². The summed E-state index contributed by atoms with van der Waals surface area (Å²) in [5, 5.41) is 14.7. The van der Waals surface area contributed by atoms with Gasteiger partial charge < -0.3 is 5.32 Å². The number of carbonyl (C=O) groups excluding carboxylic acids is 2. The van der Waals surface area contributed by atoms with Crippen molar-refractivity contribution < 1.29 is 14.0 Å². The van der Waals surface area contributed by atoms with Gasteiger partial charge in [-0.2, -0.15) is 0 Å². The van der Waals surface area contributed by atoms with Gasteiger partial charge in [-0.05, 0) is 60.4 Å². The first-order valence-electron chi connectivity index (χ1n) is 12.9. The van der Waals surface area contributed by atoms with Crippen LogP contribution in [0.25, 0.3) is 10.6 Å². The summed E-state index contributed by atoms with van der Waals surface area (Å²) in [6.07, 6.45) is 6.07. The summed E-state index contributed by atoms with van der Waals surface area (Å²) in [5.74, 6) is -1.05. The van der Waals surface area contributed by atoms with E-state index in [9.17, 15) is 14.0 Å². The summed E-state index contributed by atoms with van der Waals surface area (Å²) >= 11 is 1.18. The molecule has 6 nitrogen and oxygen atoms in total. The fraction of sp³-hybridized carbons (Fsp3) is 0.267. The first-order valence-corrected chi connectivity index (χ1v) is 13.7. The van der Waals surface area contributed by atoms with Crippen LogP contribution in [0.15, 0.2) is 78.9 Å². The Morgan fingerprint density at radius 3 is 2.32 bits per heavy atom. The largest absolute Gasteiger partial charge is 0.340 e. The van der Waals surface area contributed by atoms with Crippen molar-refractivity contribution in [3.05, 3.63) is 101 Å². The molecule has 0 radical (unpaired) electrons. The van der Waals surface area contributed by atoms with Crippen molar-refractivity contribution >= 4 is 28.3 Å². The Kier molecular flexibility index (Phi) is 9.70. The van der Waals surface area contributed by atoms with Gasteiger partial charge in [-0.3, -0.25) is 14.9 Å². The van der Waals surface area contributed by atoms with Crippen molar-refractivity contribution in [3.63, 3.8) is 0 Å². The smallest absolute Gasteiger partial charge is 0.251 e. The highest BCUT2D eigenvalue weighted by molar-refractivity contribution is 7.18. The normalized spacial score (nSPS) is 11.6. The lowest BCUT2D eigenvalue weighted by Crippen LogP contribution is -2.45. The Bertz CT molecular complexity index is 1320. The Morgan fingerprint density at radius 2 is 1.61 bits per heavy atom.